The van der Waals surface area contributed by atoms with Crippen molar-refractivity contribution in [3.8, 4) is 0 Å². The van der Waals surface area contributed by atoms with Crippen molar-refractivity contribution in [2.45, 2.75) is 18.5 Å². The first-order valence-corrected chi connectivity index (χ1v) is 7.50. The van der Waals surface area contributed by atoms with E-state index in [-0.39, 0.29) is 17.0 Å². The Balaban J connectivity index is 1.60. The molecule has 7 nitrogen and oxygen atoms in total. The quantitative estimate of drug-likeness (QED) is 0.600. The Morgan fingerprint density at radius 1 is 1.57 bits per heavy atom. The van der Waals surface area contributed by atoms with E-state index in [1.54, 1.807) is 6.08 Å². The number of nitrogens with one attached hydrogen (secondary N) is 1. The molecule has 4 rings (SSSR count). The van der Waals surface area contributed by atoms with E-state index < -0.39 is 5.97 Å². The molecule has 1 aromatic rings. The normalized spacial score (nSPS) is 25.4. The van der Waals surface area contributed by atoms with Crippen LogP contribution in [0, 0.1) is 0 Å². The first-order valence-electron chi connectivity index (χ1n) is 6.56. The fraction of sp³-hybridized carbons (Fsp3) is 0.308. The topological polar surface area (TPSA) is 87.5 Å². The predicted octanol–water partition coefficient (Wildman–Crippen LogP) is 0.211. The molecule has 3 aliphatic rings. The summed E-state index contributed by atoms with van der Waals surface area (Å²) in [5, 5.41) is 13.6. The maximum Gasteiger partial charge on any atom is 0.353 e. The molecule has 1 unspecified atom stereocenters. The maximum atomic E-state index is 12.1. The van der Waals surface area contributed by atoms with Crippen LogP contribution in [0.15, 0.2) is 22.9 Å². The van der Waals surface area contributed by atoms with Gasteiger partial charge in [-0.25, -0.2) is 9.78 Å². The van der Waals surface area contributed by atoms with E-state index in [4.69, 9.17) is 5.11 Å². The van der Waals surface area contributed by atoms with Crippen LogP contribution in [0.5, 0.6) is 0 Å². The van der Waals surface area contributed by atoms with Crippen molar-refractivity contribution in [2.75, 3.05) is 6.54 Å². The number of carbonyl (C=O) groups is 2. The van der Waals surface area contributed by atoms with Gasteiger partial charge >= 0.3 is 5.97 Å². The summed E-state index contributed by atoms with van der Waals surface area (Å²) in [5.74, 6) is -0.358. The molecule has 0 bridgehead atoms. The van der Waals surface area contributed by atoms with Gasteiger partial charge in [0, 0.05) is 24.7 Å². The van der Waals surface area contributed by atoms with E-state index in [1.807, 2.05) is 6.20 Å². The first-order chi connectivity index (χ1) is 10.1. The lowest BCUT2D eigenvalue weighted by Gasteiger charge is -2.36. The number of β-lactam (4-membered cyclic amide) rings is 1. The highest BCUT2D eigenvalue weighted by Gasteiger charge is 2.49. The Labute approximate surface area is 124 Å². The monoisotopic (exact) mass is 304 g/mol. The summed E-state index contributed by atoms with van der Waals surface area (Å²) in [6, 6.07) is 0. The highest BCUT2D eigenvalue weighted by Crippen LogP contribution is 2.44. The Morgan fingerprint density at radius 2 is 2.43 bits per heavy atom. The van der Waals surface area contributed by atoms with Crippen LogP contribution < -0.4 is 5.32 Å². The van der Waals surface area contributed by atoms with Crippen molar-refractivity contribution in [1.29, 1.82) is 0 Å². The van der Waals surface area contributed by atoms with Gasteiger partial charge in [-0.3, -0.25) is 9.69 Å². The van der Waals surface area contributed by atoms with Gasteiger partial charge in [0.05, 0.1) is 17.8 Å². The molecule has 21 heavy (non-hydrogen) atoms. The molecule has 1 fully saturated rings. The van der Waals surface area contributed by atoms with Crippen molar-refractivity contribution < 1.29 is 14.7 Å². The molecule has 0 saturated carbocycles. The molecular weight excluding hydrogens is 292 g/mol. The highest BCUT2D eigenvalue weighted by atomic mass is 32.2. The lowest BCUT2D eigenvalue weighted by Crippen LogP contribution is -2.51. The number of thioether (sulfide) groups is 1. The molecule has 2 N–H and O–H groups in total. The minimum absolute atomic E-state index is 0.0560. The van der Waals surface area contributed by atoms with E-state index >= 15 is 0 Å². The summed E-state index contributed by atoms with van der Waals surface area (Å²) >= 11 is 1.34. The Morgan fingerprint density at radius 3 is 3.19 bits per heavy atom. The van der Waals surface area contributed by atoms with Crippen LogP contribution in [0.1, 0.15) is 11.5 Å². The standard InChI is InChI=1S/C13H12N4O3S/c18-11-8(12-17(11)9(6-21-12)13(19)20)3-7-5-16-2-1-14-4-10(16)15-7/h3,5-6,12,14H,1-2,4H2,(H,19,20). The number of rotatable bonds is 2. The van der Waals surface area contributed by atoms with Crippen LogP contribution in [0.25, 0.3) is 6.08 Å². The summed E-state index contributed by atoms with van der Waals surface area (Å²) in [4.78, 5) is 28.9. The molecule has 3 aliphatic heterocycles. The van der Waals surface area contributed by atoms with Crippen LogP contribution in [-0.4, -0.2) is 43.4 Å². The molecule has 0 aromatic carbocycles. The van der Waals surface area contributed by atoms with Crippen molar-refractivity contribution in [3.05, 3.63) is 34.4 Å². The Kier molecular flexibility index (Phi) is 2.69. The van der Waals surface area contributed by atoms with Gasteiger partial charge in [0.1, 0.15) is 16.9 Å². The fourth-order valence-electron chi connectivity index (χ4n) is 2.71. The van der Waals surface area contributed by atoms with E-state index in [0.29, 0.717) is 5.57 Å². The van der Waals surface area contributed by atoms with Gasteiger partial charge < -0.3 is 15.0 Å². The van der Waals surface area contributed by atoms with Crippen molar-refractivity contribution in [2.24, 2.45) is 0 Å². The van der Waals surface area contributed by atoms with Crippen molar-refractivity contribution in [1.82, 2.24) is 19.8 Å². The largest absolute Gasteiger partial charge is 0.477 e. The van der Waals surface area contributed by atoms with Crippen LogP contribution in [0.2, 0.25) is 0 Å². The van der Waals surface area contributed by atoms with Crippen molar-refractivity contribution in [3.63, 3.8) is 0 Å². The molecule has 1 aromatic heterocycles. The molecule has 1 amide bonds. The number of imidazole rings is 1. The van der Waals surface area contributed by atoms with Crippen molar-refractivity contribution >= 4 is 29.7 Å². The van der Waals surface area contributed by atoms with E-state index in [0.717, 1.165) is 31.2 Å². The zero-order chi connectivity index (χ0) is 14.6. The third-order valence-corrected chi connectivity index (χ3v) is 4.83. The second kappa shape index (κ2) is 4.47. The molecule has 0 aliphatic carbocycles. The van der Waals surface area contributed by atoms with Crippen LogP contribution >= 0.6 is 11.8 Å². The third-order valence-electron chi connectivity index (χ3n) is 3.75. The second-order valence-electron chi connectivity index (χ2n) is 5.02. The highest BCUT2D eigenvalue weighted by molar-refractivity contribution is 8.03. The number of nitrogens with zero attached hydrogens (tertiary/aromatic N) is 3. The fourth-order valence-corrected chi connectivity index (χ4v) is 3.82. The maximum absolute atomic E-state index is 12.1. The molecule has 4 heterocycles. The number of carboxylic acid groups (broad SMARTS) is 1. The molecule has 1 atom stereocenters. The number of hydrogen-bond donors (Lipinski definition) is 2. The van der Waals surface area contributed by atoms with E-state index in [9.17, 15) is 9.59 Å². The predicted molar refractivity (Wildman–Crippen MR) is 75.9 cm³/mol. The van der Waals surface area contributed by atoms with E-state index in [2.05, 4.69) is 14.9 Å². The van der Waals surface area contributed by atoms with Gasteiger partial charge in [0.2, 0.25) is 0 Å². The number of fused-ring (bicyclic) bond motifs is 2. The van der Waals surface area contributed by atoms with Gasteiger partial charge in [-0.2, -0.15) is 0 Å². The number of amides is 1. The molecule has 108 valence electrons. The second-order valence-corrected chi connectivity index (χ2v) is 5.98. The molecule has 0 radical (unpaired) electrons. The number of aliphatic carboxylic acids is 1. The lowest BCUT2D eigenvalue weighted by molar-refractivity contribution is -0.141. The zero-order valence-electron chi connectivity index (χ0n) is 10.9. The first kappa shape index (κ1) is 12.7. The summed E-state index contributed by atoms with van der Waals surface area (Å²) in [6.45, 7) is 2.51. The Bertz CT molecular complexity index is 697. The Hall–Kier alpha value is -2.06. The minimum atomic E-state index is -1.07. The molecular formula is C13H12N4O3S. The summed E-state index contributed by atoms with van der Waals surface area (Å²) in [5.41, 5.74) is 1.41. The lowest BCUT2D eigenvalue weighted by atomic mass is 10.0. The molecule has 0 spiro atoms. The van der Waals surface area contributed by atoms with E-state index in [1.165, 1.54) is 22.1 Å². The van der Waals surface area contributed by atoms with Gasteiger partial charge in [0.15, 0.2) is 0 Å². The molecule has 1 saturated heterocycles. The van der Waals surface area contributed by atoms with Gasteiger partial charge in [-0.1, -0.05) is 0 Å². The number of carboxylic acids is 1. The van der Waals surface area contributed by atoms with Crippen LogP contribution in [-0.2, 0) is 22.7 Å². The summed E-state index contributed by atoms with van der Waals surface area (Å²) in [6.07, 6.45) is 3.70. The summed E-state index contributed by atoms with van der Waals surface area (Å²) < 4.78 is 2.08. The van der Waals surface area contributed by atoms with Gasteiger partial charge in [-0.15, -0.1) is 11.8 Å². The smallest absolute Gasteiger partial charge is 0.353 e. The van der Waals surface area contributed by atoms with Crippen LogP contribution in [0.3, 0.4) is 0 Å². The van der Waals surface area contributed by atoms with Gasteiger partial charge in [0.25, 0.3) is 5.91 Å². The SMILES string of the molecule is O=C(O)C1=CSC2C(=Cc3cn4c(n3)CNCC4)C(=O)N12. The number of hydrogen-bond acceptors (Lipinski definition) is 5. The zero-order valence-corrected chi connectivity index (χ0v) is 11.8. The third kappa shape index (κ3) is 1.83. The average molecular weight is 304 g/mol. The molecule has 8 heteroatoms. The summed E-state index contributed by atoms with van der Waals surface area (Å²) in [7, 11) is 0. The average Bonchev–Trinajstić information content (AvgIpc) is 3.05. The minimum Gasteiger partial charge on any atom is -0.477 e. The number of aromatic nitrogens is 2. The van der Waals surface area contributed by atoms with Gasteiger partial charge in [-0.05, 0) is 6.08 Å². The number of carbonyl (C=O) groups excluding carboxylic acids is 1. The van der Waals surface area contributed by atoms with Crippen LogP contribution in [0.4, 0.5) is 0 Å².